The third-order valence-corrected chi connectivity index (χ3v) is 12.3. The van der Waals surface area contributed by atoms with Gasteiger partial charge in [0.2, 0.25) is 0 Å². The minimum absolute atomic E-state index is 0.380. The zero-order valence-corrected chi connectivity index (χ0v) is 26.8. The lowest BCUT2D eigenvalue weighted by Crippen LogP contribution is -2.32. The molecular formula is C39H32O4P2. The normalized spacial score (nSPS) is 13.3. The van der Waals surface area contributed by atoms with Crippen LogP contribution in [0.3, 0.4) is 0 Å². The highest BCUT2D eigenvalue weighted by atomic mass is 31.2. The van der Waals surface area contributed by atoms with Crippen LogP contribution >= 0.6 is 15.5 Å². The van der Waals surface area contributed by atoms with E-state index in [0.29, 0.717) is 22.6 Å². The first kappa shape index (κ1) is 29.1. The summed E-state index contributed by atoms with van der Waals surface area (Å²) >= 11 is 0. The van der Waals surface area contributed by atoms with E-state index in [0.717, 1.165) is 22.2 Å². The van der Waals surface area contributed by atoms with Crippen LogP contribution in [0.5, 0.6) is 23.0 Å². The molecule has 0 bridgehead atoms. The molecule has 6 aromatic rings. The summed E-state index contributed by atoms with van der Waals surface area (Å²) in [5.74, 6) is 2.19. The molecule has 0 fully saturated rings. The van der Waals surface area contributed by atoms with Gasteiger partial charge >= 0.3 is 7.60 Å². The van der Waals surface area contributed by atoms with Gasteiger partial charge in [0.1, 0.15) is 28.3 Å². The number of hydrogen-bond acceptors (Lipinski definition) is 4. The van der Waals surface area contributed by atoms with E-state index in [1.807, 2.05) is 60.7 Å². The molecule has 0 amide bonds. The van der Waals surface area contributed by atoms with Gasteiger partial charge in [0.25, 0.3) is 0 Å². The summed E-state index contributed by atoms with van der Waals surface area (Å²) in [6.45, 7) is 4.38. The van der Waals surface area contributed by atoms with Gasteiger partial charge in [0.15, 0.2) is 0 Å². The number of fused-ring (bicyclic) bond motifs is 2. The zero-order valence-electron chi connectivity index (χ0n) is 25.0. The zero-order chi connectivity index (χ0) is 30.9. The van der Waals surface area contributed by atoms with Gasteiger partial charge in [0, 0.05) is 21.8 Å². The van der Waals surface area contributed by atoms with Crippen molar-refractivity contribution in [2.75, 3.05) is 0 Å². The molecule has 0 saturated carbocycles. The van der Waals surface area contributed by atoms with E-state index in [4.69, 9.17) is 13.8 Å². The maximum atomic E-state index is 15.1. The van der Waals surface area contributed by atoms with Crippen molar-refractivity contribution in [3.8, 4) is 23.0 Å². The Balaban J connectivity index is 1.42. The van der Waals surface area contributed by atoms with Gasteiger partial charge in [-0.2, -0.15) is 0 Å². The van der Waals surface area contributed by atoms with Gasteiger partial charge in [0.05, 0.1) is 0 Å². The topological polar surface area (TPSA) is 44.8 Å². The summed E-state index contributed by atoms with van der Waals surface area (Å²) in [6.07, 6.45) is 0. The van der Waals surface area contributed by atoms with Gasteiger partial charge in [-0.3, -0.25) is 0 Å². The standard InChI is InChI=1S/C39H32O4P2/c1-39(2)33-25-15-27-35(44(31-21-11-5-12-22-31)32-23-13-6-14-24-32)37(33)41-38-34(39)26-16-28-36(38)45(40,42-29-17-7-3-8-18-29)43-30-19-9-4-10-20-30/h3-28H,1-2H3. The monoisotopic (exact) mass is 626 g/mol. The molecule has 0 spiro atoms. The van der Waals surface area contributed by atoms with Crippen LogP contribution in [0.4, 0.5) is 0 Å². The highest BCUT2D eigenvalue weighted by Gasteiger charge is 2.43. The Morgan fingerprint density at radius 3 is 1.49 bits per heavy atom. The minimum atomic E-state index is -4.02. The molecule has 0 N–H and O–H groups in total. The van der Waals surface area contributed by atoms with Gasteiger partial charge in [-0.1, -0.05) is 141 Å². The predicted molar refractivity (Wildman–Crippen MR) is 185 cm³/mol. The molecule has 0 saturated heterocycles. The summed E-state index contributed by atoms with van der Waals surface area (Å²) in [5, 5.41) is 3.91. The van der Waals surface area contributed by atoms with Crippen molar-refractivity contribution in [2.45, 2.75) is 19.3 Å². The molecule has 0 aliphatic carbocycles. The molecule has 0 atom stereocenters. The van der Waals surface area contributed by atoms with Crippen LogP contribution < -0.4 is 35.0 Å². The van der Waals surface area contributed by atoms with Crippen LogP contribution in [0, 0.1) is 0 Å². The van der Waals surface area contributed by atoms with Crippen LogP contribution in [0.1, 0.15) is 25.0 Å². The lowest BCUT2D eigenvalue weighted by atomic mass is 9.76. The average molecular weight is 627 g/mol. The van der Waals surface area contributed by atoms with Gasteiger partial charge in [-0.05, 0) is 48.9 Å². The molecule has 1 heterocycles. The van der Waals surface area contributed by atoms with Crippen LogP contribution in [-0.2, 0) is 9.98 Å². The second-order valence-corrected chi connectivity index (χ2v) is 15.4. The molecule has 0 aromatic heterocycles. The smallest absolute Gasteiger partial charge is 0.455 e. The SMILES string of the molecule is CC1(C)c2cccc(P(c3ccccc3)c3ccccc3)c2Oc2c1cccc2P(=O)(Oc1ccccc1)Oc1ccccc1. The molecule has 6 aromatic carbocycles. The maximum Gasteiger partial charge on any atom is 0.466 e. The van der Waals surface area contributed by atoms with E-state index in [1.54, 1.807) is 30.3 Å². The minimum Gasteiger partial charge on any atom is -0.455 e. The largest absolute Gasteiger partial charge is 0.466 e. The van der Waals surface area contributed by atoms with Crippen LogP contribution in [0.2, 0.25) is 0 Å². The fourth-order valence-electron chi connectivity index (χ4n) is 5.83. The molecule has 222 valence electrons. The predicted octanol–water partition coefficient (Wildman–Crippen LogP) is 8.85. The third-order valence-electron chi connectivity index (χ3n) is 8.04. The van der Waals surface area contributed by atoms with Crippen molar-refractivity contribution in [3.05, 3.63) is 169 Å². The first-order valence-corrected chi connectivity index (χ1v) is 17.8. The Morgan fingerprint density at radius 2 is 0.978 bits per heavy atom. The quantitative estimate of drug-likeness (QED) is 0.158. The summed E-state index contributed by atoms with van der Waals surface area (Å²) in [6, 6.07) is 51.6. The highest BCUT2D eigenvalue weighted by Crippen LogP contribution is 2.55. The summed E-state index contributed by atoms with van der Waals surface area (Å²) in [4.78, 5) is 0. The van der Waals surface area contributed by atoms with Crippen molar-refractivity contribution in [3.63, 3.8) is 0 Å². The van der Waals surface area contributed by atoms with E-state index < -0.39 is 20.9 Å². The molecular weight excluding hydrogens is 594 g/mol. The molecule has 0 unspecified atom stereocenters. The molecule has 45 heavy (non-hydrogen) atoms. The summed E-state index contributed by atoms with van der Waals surface area (Å²) in [7, 11) is -4.98. The van der Waals surface area contributed by atoms with Gasteiger partial charge in [-0.15, -0.1) is 0 Å². The van der Waals surface area contributed by atoms with E-state index in [2.05, 4.69) is 80.6 Å². The van der Waals surface area contributed by atoms with Crippen LogP contribution in [0.15, 0.2) is 158 Å². The van der Waals surface area contributed by atoms with Crippen molar-refractivity contribution < 1.29 is 18.3 Å². The van der Waals surface area contributed by atoms with Crippen molar-refractivity contribution in [1.82, 2.24) is 0 Å². The molecule has 4 nitrogen and oxygen atoms in total. The molecule has 7 rings (SSSR count). The van der Waals surface area contributed by atoms with Gasteiger partial charge < -0.3 is 13.8 Å². The lowest BCUT2D eigenvalue weighted by Gasteiger charge is -2.38. The van der Waals surface area contributed by atoms with Crippen molar-refractivity contribution >= 4 is 36.7 Å². The summed E-state index contributed by atoms with van der Waals surface area (Å²) in [5.41, 5.74) is 1.53. The number of rotatable bonds is 8. The first-order valence-electron chi connectivity index (χ1n) is 14.9. The van der Waals surface area contributed by atoms with E-state index >= 15 is 4.57 Å². The second-order valence-electron chi connectivity index (χ2n) is 11.3. The first-order chi connectivity index (χ1) is 21.9. The fourth-order valence-corrected chi connectivity index (χ4v) is 9.94. The fraction of sp³-hybridized carbons (Fsp3) is 0.0769. The van der Waals surface area contributed by atoms with E-state index in [-0.39, 0.29) is 0 Å². The molecule has 1 aliphatic rings. The number of ether oxygens (including phenoxy) is 1. The summed E-state index contributed by atoms with van der Waals surface area (Å²) < 4.78 is 34.7. The third kappa shape index (κ3) is 5.57. The molecule has 0 radical (unpaired) electrons. The van der Waals surface area contributed by atoms with E-state index in [1.165, 1.54) is 10.6 Å². The average Bonchev–Trinajstić information content (AvgIpc) is 3.07. The number of benzene rings is 6. The van der Waals surface area contributed by atoms with Crippen LogP contribution in [0.25, 0.3) is 0 Å². The Labute approximate surface area is 265 Å². The molecule has 1 aliphatic heterocycles. The second kappa shape index (κ2) is 12.1. The Kier molecular flexibility index (Phi) is 7.80. The van der Waals surface area contributed by atoms with Gasteiger partial charge in [-0.25, -0.2) is 4.57 Å². The van der Waals surface area contributed by atoms with Crippen molar-refractivity contribution in [1.29, 1.82) is 0 Å². The Morgan fingerprint density at radius 1 is 0.533 bits per heavy atom. The van der Waals surface area contributed by atoms with Crippen molar-refractivity contribution in [2.24, 2.45) is 0 Å². The number of para-hydroxylation sites is 4. The van der Waals surface area contributed by atoms with E-state index in [9.17, 15) is 0 Å². The number of hydrogen-bond donors (Lipinski definition) is 0. The maximum absolute atomic E-state index is 15.1. The van der Waals surface area contributed by atoms with Crippen LogP contribution in [-0.4, -0.2) is 0 Å². The Hall–Kier alpha value is -4.62. The molecule has 6 heteroatoms. The lowest BCUT2D eigenvalue weighted by molar-refractivity contribution is 0.392. The Bertz CT molecular complexity index is 1890. The highest BCUT2D eigenvalue weighted by molar-refractivity contribution is 7.80.